The largest absolute Gasteiger partial charge is 0.350 e. The molecule has 1 saturated heterocycles. The number of nitrogens with one attached hydrogen (secondary N) is 2. The second-order valence-corrected chi connectivity index (χ2v) is 5.64. The highest BCUT2D eigenvalue weighted by Crippen LogP contribution is 2.18. The van der Waals surface area contributed by atoms with Gasteiger partial charge in [0, 0.05) is 42.8 Å². The monoisotopic (exact) mass is 312 g/mol. The summed E-state index contributed by atoms with van der Waals surface area (Å²) in [6.07, 6.45) is 0. The van der Waals surface area contributed by atoms with E-state index in [1.807, 2.05) is 36.7 Å². The Morgan fingerprint density at radius 1 is 1.30 bits per heavy atom. The molecule has 0 atom stereocenters. The maximum Gasteiger partial charge on any atom is 0.321 e. The van der Waals surface area contributed by atoms with E-state index in [4.69, 9.17) is 0 Å². The molecule has 0 bridgehead atoms. The zero-order chi connectivity index (χ0) is 16.4. The molecule has 1 fully saturated rings. The molecule has 6 heteroatoms. The number of benzene rings is 1. The van der Waals surface area contributed by atoms with Gasteiger partial charge in [0.15, 0.2) is 0 Å². The zero-order valence-corrected chi connectivity index (χ0v) is 13.3. The highest BCUT2D eigenvalue weighted by molar-refractivity contribution is 5.98. The van der Waals surface area contributed by atoms with Crippen LogP contribution in [0, 0.1) is 6.92 Å². The Kier molecular flexibility index (Phi) is 4.06. The maximum atomic E-state index is 12.3. The first-order valence-electron chi connectivity index (χ1n) is 7.61. The van der Waals surface area contributed by atoms with Crippen LogP contribution in [-0.2, 0) is 13.6 Å². The van der Waals surface area contributed by atoms with Crippen LogP contribution in [0.4, 0.5) is 10.5 Å². The Morgan fingerprint density at radius 3 is 2.78 bits per heavy atom. The zero-order valence-electron chi connectivity index (χ0n) is 13.3. The number of hydrogen-bond acceptors (Lipinski definition) is 2. The molecule has 2 heterocycles. The molecule has 0 radical (unpaired) electrons. The lowest BCUT2D eigenvalue weighted by molar-refractivity contribution is 0.0950. The van der Waals surface area contributed by atoms with E-state index in [0.29, 0.717) is 25.2 Å². The van der Waals surface area contributed by atoms with Crippen LogP contribution in [0.5, 0.6) is 0 Å². The summed E-state index contributed by atoms with van der Waals surface area (Å²) in [6.45, 7) is 3.74. The summed E-state index contributed by atoms with van der Waals surface area (Å²) < 4.78 is 2.05. The van der Waals surface area contributed by atoms with Crippen LogP contribution < -0.4 is 15.5 Å². The van der Waals surface area contributed by atoms with Crippen molar-refractivity contribution in [2.45, 2.75) is 13.5 Å². The number of hydrogen-bond donors (Lipinski definition) is 2. The molecule has 3 rings (SSSR count). The van der Waals surface area contributed by atoms with E-state index in [0.717, 1.165) is 17.1 Å². The number of anilines is 1. The van der Waals surface area contributed by atoms with Gasteiger partial charge in [-0.3, -0.25) is 9.69 Å². The van der Waals surface area contributed by atoms with Crippen LogP contribution in [0.2, 0.25) is 0 Å². The first-order chi connectivity index (χ1) is 11.1. The van der Waals surface area contributed by atoms with Crippen LogP contribution >= 0.6 is 0 Å². The van der Waals surface area contributed by atoms with Crippen LogP contribution in [0.1, 0.15) is 21.7 Å². The van der Waals surface area contributed by atoms with Crippen LogP contribution in [-0.4, -0.2) is 29.6 Å². The average molecular weight is 312 g/mol. The standard InChI is InChI=1S/C17H20N4O2/c1-12-6-7-15(20(12)2)11-19-16(22)13-4-3-5-14(10-13)21-9-8-18-17(21)23/h3-7,10H,8-9,11H2,1-2H3,(H,18,23)(H,19,22). The van der Waals surface area contributed by atoms with Gasteiger partial charge in [0.2, 0.25) is 0 Å². The number of rotatable bonds is 4. The predicted molar refractivity (Wildman–Crippen MR) is 88.5 cm³/mol. The number of urea groups is 1. The Balaban J connectivity index is 1.70. The summed E-state index contributed by atoms with van der Waals surface area (Å²) in [5, 5.41) is 5.68. The second-order valence-electron chi connectivity index (χ2n) is 5.64. The van der Waals surface area contributed by atoms with Gasteiger partial charge < -0.3 is 15.2 Å². The highest BCUT2D eigenvalue weighted by atomic mass is 16.2. The van der Waals surface area contributed by atoms with Crippen LogP contribution in [0.25, 0.3) is 0 Å². The molecular formula is C17H20N4O2. The topological polar surface area (TPSA) is 66.4 Å². The van der Waals surface area contributed by atoms with Gasteiger partial charge in [-0.05, 0) is 37.3 Å². The molecule has 0 aliphatic carbocycles. The van der Waals surface area contributed by atoms with Crippen molar-refractivity contribution < 1.29 is 9.59 Å². The van der Waals surface area contributed by atoms with E-state index in [1.165, 1.54) is 0 Å². The number of nitrogens with zero attached hydrogens (tertiary/aromatic N) is 2. The Morgan fingerprint density at radius 2 is 2.13 bits per heavy atom. The van der Waals surface area contributed by atoms with E-state index in [2.05, 4.69) is 10.6 Å². The molecule has 120 valence electrons. The van der Waals surface area contributed by atoms with Crippen LogP contribution in [0.15, 0.2) is 36.4 Å². The van der Waals surface area contributed by atoms with E-state index < -0.39 is 0 Å². The summed E-state index contributed by atoms with van der Waals surface area (Å²) in [4.78, 5) is 25.7. The highest BCUT2D eigenvalue weighted by Gasteiger charge is 2.21. The van der Waals surface area contributed by atoms with Gasteiger partial charge in [0.05, 0.1) is 6.54 Å². The van der Waals surface area contributed by atoms with Crippen molar-refractivity contribution in [3.63, 3.8) is 0 Å². The summed E-state index contributed by atoms with van der Waals surface area (Å²) in [5.74, 6) is -0.148. The smallest absolute Gasteiger partial charge is 0.321 e. The molecule has 0 spiro atoms. The summed E-state index contributed by atoms with van der Waals surface area (Å²) in [7, 11) is 1.98. The Labute approximate surface area is 135 Å². The fourth-order valence-electron chi connectivity index (χ4n) is 2.65. The Hall–Kier alpha value is -2.76. The molecule has 6 nitrogen and oxygen atoms in total. The van der Waals surface area contributed by atoms with Crippen molar-refractivity contribution in [2.24, 2.45) is 7.05 Å². The molecule has 2 aromatic rings. The summed E-state index contributed by atoms with van der Waals surface area (Å²) in [6, 6.07) is 11.0. The van der Waals surface area contributed by atoms with Gasteiger partial charge in [-0.15, -0.1) is 0 Å². The summed E-state index contributed by atoms with van der Waals surface area (Å²) >= 11 is 0. The maximum absolute atomic E-state index is 12.3. The van der Waals surface area contributed by atoms with E-state index in [9.17, 15) is 9.59 Å². The normalized spacial score (nSPS) is 14.0. The minimum Gasteiger partial charge on any atom is -0.350 e. The molecule has 1 aliphatic rings. The lowest BCUT2D eigenvalue weighted by Crippen LogP contribution is -2.28. The molecule has 1 aliphatic heterocycles. The third kappa shape index (κ3) is 3.06. The fourth-order valence-corrected chi connectivity index (χ4v) is 2.65. The van der Waals surface area contributed by atoms with Crippen molar-refractivity contribution in [3.8, 4) is 0 Å². The van der Waals surface area contributed by atoms with Gasteiger partial charge >= 0.3 is 6.03 Å². The van der Waals surface area contributed by atoms with Crippen molar-refractivity contribution in [3.05, 3.63) is 53.3 Å². The molecule has 23 heavy (non-hydrogen) atoms. The van der Waals surface area contributed by atoms with Gasteiger partial charge in [-0.1, -0.05) is 6.07 Å². The number of aryl methyl sites for hydroxylation is 1. The number of amides is 3. The van der Waals surface area contributed by atoms with E-state index in [1.54, 1.807) is 23.1 Å². The minimum atomic E-state index is -0.148. The van der Waals surface area contributed by atoms with Crippen molar-refractivity contribution in [1.82, 2.24) is 15.2 Å². The number of carbonyl (C=O) groups excluding carboxylic acids is 2. The third-order valence-electron chi connectivity index (χ3n) is 4.18. The fraction of sp³-hybridized carbons (Fsp3) is 0.294. The first-order valence-corrected chi connectivity index (χ1v) is 7.61. The van der Waals surface area contributed by atoms with Gasteiger partial charge in [-0.25, -0.2) is 4.79 Å². The number of aromatic nitrogens is 1. The minimum absolute atomic E-state index is 0.123. The van der Waals surface area contributed by atoms with Gasteiger partial charge in [0.25, 0.3) is 5.91 Å². The molecule has 1 aromatic heterocycles. The quantitative estimate of drug-likeness (QED) is 0.904. The molecule has 1 aromatic carbocycles. The third-order valence-corrected chi connectivity index (χ3v) is 4.18. The number of carbonyl (C=O) groups is 2. The SMILES string of the molecule is Cc1ccc(CNC(=O)c2cccc(N3CCNC3=O)c2)n1C. The summed E-state index contributed by atoms with van der Waals surface area (Å²) in [5.41, 5.74) is 3.48. The van der Waals surface area contributed by atoms with E-state index in [-0.39, 0.29) is 11.9 Å². The lowest BCUT2D eigenvalue weighted by Gasteiger charge is -2.15. The lowest BCUT2D eigenvalue weighted by atomic mass is 10.1. The van der Waals surface area contributed by atoms with E-state index >= 15 is 0 Å². The molecule has 0 unspecified atom stereocenters. The Bertz CT molecular complexity index is 751. The molecule has 3 amide bonds. The molecule has 2 N–H and O–H groups in total. The molecule has 0 saturated carbocycles. The van der Waals surface area contributed by atoms with Gasteiger partial charge in [-0.2, -0.15) is 0 Å². The average Bonchev–Trinajstić information content (AvgIpc) is 3.12. The van der Waals surface area contributed by atoms with Crippen molar-refractivity contribution in [1.29, 1.82) is 0 Å². The van der Waals surface area contributed by atoms with Crippen molar-refractivity contribution in [2.75, 3.05) is 18.0 Å². The first kappa shape index (κ1) is 15.1. The second kappa shape index (κ2) is 6.16. The molecular weight excluding hydrogens is 292 g/mol. The van der Waals surface area contributed by atoms with Crippen molar-refractivity contribution >= 4 is 17.6 Å². The van der Waals surface area contributed by atoms with Crippen LogP contribution in [0.3, 0.4) is 0 Å². The predicted octanol–water partition coefficient (Wildman–Crippen LogP) is 1.79. The van der Waals surface area contributed by atoms with Gasteiger partial charge in [0.1, 0.15) is 0 Å².